The maximum absolute atomic E-state index is 12.8. The van der Waals surface area contributed by atoms with Gasteiger partial charge in [0.25, 0.3) is 0 Å². The molecule has 0 spiro atoms. The van der Waals surface area contributed by atoms with E-state index in [1.54, 1.807) is 6.92 Å². The molecule has 2 heterocycles. The van der Waals surface area contributed by atoms with Crippen molar-refractivity contribution >= 4 is 11.7 Å². The summed E-state index contributed by atoms with van der Waals surface area (Å²) < 4.78 is 23.7. The first-order valence-corrected chi connectivity index (χ1v) is 15.2. The summed E-state index contributed by atoms with van der Waals surface area (Å²) in [5.41, 5.74) is 16.7. The lowest BCUT2D eigenvalue weighted by Crippen LogP contribution is -2.68. The predicted molar refractivity (Wildman–Crippen MR) is 156 cm³/mol. The van der Waals surface area contributed by atoms with Gasteiger partial charge in [0.15, 0.2) is 12.6 Å². The average Bonchev–Trinajstić information content (AvgIpc) is 3.00. The smallest absolute Gasteiger partial charge is 0.249 e. The normalized spacial score (nSPS) is 41.1. The summed E-state index contributed by atoms with van der Waals surface area (Å²) in [5.74, 6) is -1.83. The standard InChI is InChI=1S/C27H52N6O12/c1-11-19(38)26(42-10-27(11,2)41)45-22-16(33-24(40)17(36)5-12(35)7-28)6-15(30)21(20(22)39)44-25-14(29)4-3-13(43-25)8-32-23(31)18(37)9-34/h11-22,25-26,34-39,41H,3-10,28-30H2,1-2H3,(H2,31,32)(H,33,40)/t11-,12-,13+,14?,15+,16-,17+,18?,19?,20?,21?,22?,25-,26-,27?/m1/s1. The minimum atomic E-state index is -1.63. The van der Waals surface area contributed by atoms with Crippen molar-refractivity contribution in [1.29, 1.82) is 5.41 Å². The van der Waals surface area contributed by atoms with E-state index >= 15 is 0 Å². The van der Waals surface area contributed by atoms with Gasteiger partial charge >= 0.3 is 0 Å². The van der Waals surface area contributed by atoms with Crippen LogP contribution in [0, 0.1) is 11.3 Å². The van der Waals surface area contributed by atoms with Crippen LogP contribution in [-0.2, 0) is 23.7 Å². The summed E-state index contributed by atoms with van der Waals surface area (Å²) in [4.78, 5) is 12.8. The first-order valence-electron chi connectivity index (χ1n) is 15.2. The monoisotopic (exact) mass is 652 g/mol. The summed E-state index contributed by atoms with van der Waals surface area (Å²) in [6.45, 7) is 2.26. The first-order chi connectivity index (χ1) is 21.1. The number of amidine groups is 1. The van der Waals surface area contributed by atoms with Gasteiger partial charge in [-0.05, 0) is 26.2 Å². The molecule has 0 aromatic rings. The second kappa shape index (κ2) is 16.5. The molecular formula is C27H52N6O12. The van der Waals surface area contributed by atoms with E-state index in [1.165, 1.54) is 6.92 Å². The van der Waals surface area contributed by atoms with Crippen LogP contribution >= 0.6 is 0 Å². The van der Waals surface area contributed by atoms with Crippen LogP contribution in [0.15, 0.2) is 0 Å². The average molecular weight is 653 g/mol. The van der Waals surface area contributed by atoms with E-state index in [0.29, 0.717) is 12.8 Å². The summed E-state index contributed by atoms with van der Waals surface area (Å²) >= 11 is 0. The maximum Gasteiger partial charge on any atom is 0.249 e. The topological polar surface area (TPSA) is 322 Å². The van der Waals surface area contributed by atoms with Crippen molar-refractivity contribution < 1.29 is 59.5 Å². The lowest BCUT2D eigenvalue weighted by atomic mass is 9.82. The van der Waals surface area contributed by atoms with Gasteiger partial charge in [-0.1, -0.05) is 6.92 Å². The highest BCUT2D eigenvalue weighted by Gasteiger charge is 2.51. The fraction of sp³-hybridized carbons (Fsp3) is 0.926. The van der Waals surface area contributed by atoms with Gasteiger partial charge in [-0.25, -0.2) is 0 Å². The van der Waals surface area contributed by atoms with Crippen molar-refractivity contribution in [2.24, 2.45) is 23.1 Å². The van der Waals surface area contributed by atoms with Crippen molar-refractivity contribution in [2.45, 2.75) is 125 Å². The molecule has 3 rings (SSSR count). The first kappa shape index (κ1) is 37.8. The van der Waals surface area contributed by atoms with Crippen LogP contribution in [0.4, 0.5) is 0 Å². The number of nitrogens with two attached hydrogens (primary N) is 3. The van der Waals surface area contributed by atoms with Crippen LogP contribution in [-0.4, -0.2) is 159 Å². The quantitative estimate of drug-likeness (QED) is 0.0651. The third-order valence-electron chi connectivity index (χ3n) is 8.83. The van der Waals surface area contributed by atoms with E-state index in [4.69, 9.17) is 46.7 Å². The predicted octanol–water partition coefficient (Wildman–Crippen LogP) is -5.74. The zero-order valence-electron chi connectivity index (χ0n) is 25.6. The Morgan fingerprint density at radius 2 is 1.73 bits per heavy atom. The van der Waals surface area contributed by atoms with Crippen molar-refractivity contribution in [1.82, 2.24) is 10.6 Å². The van der Waals surface area contributed by atoms with E-state index in [-0.39, 0.29) is 38.4 Å². The third-order valence-corrected chi connectivity index (χ3v) is 8.83. The molecule has 1 aliphatic carbocycles. The fourth-order valence-corrected chi connectivity index (χ4v) is 5.58. The SMILES string of the molecule is C[C@@H]1C(O)[C@@H](OC2C(O)C(O[C@H]3O[C@H](CNC(=N)C(O)CO)CCC3N)[C@@H](N)C[C@H]2NC(=O)[C@@H](O)C[C@@H](O)CN)OCC1(C)O. The molecule has 1 amide bonds. The van der Waals surface area contributed by atoms with E-state index in [2.05, 4.69) is 10.6 Å². The molecule has 3 aliphatic rings. The molecule has 45 heavy (non-hydrogen) atoms. The number of carbonyl (C=O) groups excluding carboxylic acids is 1. The fourth-order valence-electron chi connectivity index (χ4n) is 5.58. The zero-order valence-corrected chi connectivity index (χ0v) is 25.6. The molecule has 0 aromatic heterocycles. The molecule has 0 aromatic carbocycles. The number of aliphatic hydroxyl groups excluding tert-OH is 6. The van der Waals surface area contributed by atoms with Gasteiger partial charge in [0.1, 0.15) is 42.5 Å². The Bertz CT molecular complexity index is 967. The molecule has 15 atom stereocenters. The summed E-state index contributed by atoms with van der Waals surface area (Å²) in [7, 11) is 0. The van der Waals surface area contributed by atoms with Crippen molar-refractivity contribution in [3.8, 4) is 0 Å². The molecule has 7 unspecified atom stereocenters. The number of amides is 1. The van der Waals surface area contributed by atoms with Crippen molar-refractivity contribution in [3.63, 3.8) is 0 Å². The highest BCUT2D eigenvalue weighted by molar-refractivity contribution is 5.83. The zero-order chi connectivity index (χ0) is 33.6. The van der Waals surface area contributed by atoms with Crippen LogP contribution in [0.2, 0.25) is 0 Å². The molecule has 16 N–H and O–H groups in total. The molecule has 0 radical (unpaired) electrons. The Hall–Kier alpha value is -1.62. The molecule has 1 saturated carbocycles. The Balaban J connectivity index is 1.76. The minimum absolute atomic E-state index is 0.0243. The van der Waals surface area contributed by atoms with E-state index < -0.39 is 104 Å². The van der Waals surface area contributed by atoms with Crippen LogP contribution in [0.3, 0.4) is 0 Å². The van der Waals surface area contributed by atoms with E-state index in [1.807, 2.05) is 0 Å². The van der Waals surface area contributed by atoms with Crippen LogP contribution < -0.4 is 27.8 Å². The van der Waals surface area contributed by atoms with Gasteiger partial charge in [0.2, 0.25) is 5.91 Å². The van der Waals surface area contributed by atoms with Crippen LogP contribution in [0.1, 0.15) is 39.5 Å². The number of ether oxygens (including phenoxy) is 4. The second-order valence-electron chi connectivity index (χ2n) is 12.5. The Labute approximate surface area is 261 Å². The van der Waals surface area contributed by atoms with Crippen LogP contribution in [0.25, 0.3) is 0 Å². The van der Waals surface area contributed by atoms with Crippen LogP contribution in [0.5, 0.6) is 0 Å². The third kappa shape index (κ3) is 9.71. The molecule has 2 saturated heterocycles. The van der Waals surface area contributed by atoms with Gasteiger partial charge in [-0.3, -0.25) is 10.2 Å². The molecule has 262 valence electrons. The number of nitrogens with one attached hydrogen (secondary N) is 3. The maximum atomic E-state index is 12.8. The molecular weight excluding hydrogens is 600 g/mol. The van der Waals surface area contributed by atoms with Gasteiger partial charge in [-0.2, -0.15) is 0 Å². The highest BCUT2D eigenvalue weighted by Crippen LogP contribution is 2.34. The van der Waals surface area contributed by atoms with E-state index in [9.17, 15) is 35.4 Å². The second-order valence-corrected chi connectivity index (χ2v) is 12.5. The van der Waals surface area contributed by atoms with Gasteiger partial charge in [0, 0.05) is 31.5 Å². The number of hydrogen-bond donors (Lipinski definition) is 13. The van der Waals surface area contributed by atoms with Gasteiger partial charge in [-0.15, -0.1) is 0 Å². The van der Waals surface area contributed by atoms with Gasteiger partial charge < -0.3 is 82.5 Å². The number of carbonyl (C=O) groups is 1. The molecule has 0 bridgehead atoms. The molecule has 18 nitrogen and oxygen atoms in total. The lowest BCUT2D eigenvalue weighted by Gasteiger charge is -2.48. The Morgan fingerprint density at radius 3 is 2.38 bits per heavy atom. The molecule has 18 heteroatoms. The Kier molecular flexibility index (Phi) is 13.8. The number of hydrogen-bond acceptors (Lipinski definition) is 16. The van der Waals surface area contributed by atoms with E-state index in [0.717, 1.165) is 0 Å². The van der Waals surface area contributed by atoms with Gasteiger partial charge in [0.05, 0.1) is 43.1 Å². The number of rotatable bonds is 13. The molecule has 3 fully saturated rings. The lowest BCUT2D eigenvalue weighted by molar-refractivity contribution is -0.314. The number of aliphatic hydroxyl groups is 7. The largest absolute Gasteiger partial charge is 0.393 e. The Morgan fingerprint density at radius 1 is 1.07 bits per heavy atom. The summed E-state index contributed by atoms with van der Waals surface area (Å²) in [6.07, 6.45) is -11.7. The minimum Gasteiger partial charge on any atom is -0.393 e. The van der Waals surface area contributed by atoms with Crippen molar-refractivity contribution in [3.05, 3.63) is 0 Å². The highest BCUT2D eigenvalue weighted by atomic mass is 16.7. The summed E-state index contributed by atoms with van der Waals surface area (Å²) in [6, 6.07) is -2.53. The molecule has 2 aliphatic heterocycles. The summed E-state index contributed by atoms with van der Waals surface area (Å²) in [5, 5.41) is 84.7. The van der Waals surface area contributed by atoms with Crippen molar-refractivity contribution in [2.75, 3.05) is 26.3 Å².